The molecule has 7 nitrogen and oxygen atoms in total. The van der Waals surface area contributed by atoms with Crippen molar-refractivity contribution in [1.82, 2.24) is 5.32 Å². The second-order valence-corrected chi connectivity index (χ2v) is 4.18. The molecule has 1 aromatic carbocycles. The van der Waals surface area contributed by atoms with Gasteiger partial charge in [0.1, 0.15) is 11.9 Å². The van der Waals surface area contributed by atoms with Crippen LogP contribution in [-0.2, 0) is 14.3 Å². The Kier molecular flexibility index (Phi) is 5.65. The van der Waals surface area contributed by atoms with Crippen molar-refractivity contribution in [1.29, 1.82) is 0 Å². The van der Waals surface area contributed by atoms with Crippen LogP contribution in [0.25, 0.3) is 0 Å². The van der Waals surface area contributed by atoms with E-state index in [2.05, 4.69) is 15.4 Å². The molecule has 1 aromatic rings. The molecule has 3 N–H and O–H groups in total. The van der Waals surface area contributed by atoms with Gasteiger partial charge < -0.3 is 20.5 Å². The minimum absolute atomic E-state index is 0.203. The first-order valence-corrected chi connectivity index (χ1v) is 5.97. The number of halogens is 1. The lowest BCUT2D eigenvalue weighted by molar-refractivity contribution is -0.147. The van der Waals surface area contributed by atoms with Gasteiger partial charge in [-0.05, 0) is 19.1 Å². The van der Waals surface area contributed by atoms with E-state index in [0.29, 0.717) is 0 Å². The summed E-state index contributed by atoms with van der Waals surface area (Å²) in [6.07, 6.45) is -0.513. The number of nitrogens with one attached hydrogen (secondary N) is 2. The maximum absolute atomic E-state index is 13.3. The first-order chi connectivity index (χ1) is 9.85. The van der Waals surface area contributed by atoms with Crippen molar-refractivity contribution in [2.45, 2.75) is 19.4 Å². The van der Waals surface area contributed by atoms with Crippen LogP contribution in [-0.4, -0.2) is 36.2 Å². The first-order valence-electron chi connectivity index (χ1n) is 5.97. The van der Waals surface area contributed by atoms with Crippen LogP contribution in [0.15, 0.2) is 18.2 Å². The third kappa shape index (κ3) is 4.75. The number of benzene rings is 1. The van der Waals surface area contributed by atoms with Gasteiger partial charge in [-0.1, -0.05) is 6.07 Å². The Balaban J connectivity index is 2.72. The number of carbonyl (C=O) groups excluding carboxylic acids is 2. The molecule has 0 spiro atoms. The van der Waals surface area contributed by atoms with Gasteiger partial charge in [-0.2, -0.15) is 0 Å². The first kappa shape index (κ1) is 16.4. The van der Waals surface area contributed by atoms with Crippen molar-refractivity contribution in [2.24, 2.45) is 0 Å². The van der Waals surface area contributed by atoms with Crippen LogP contribution >= 0.6 is 0 Å². The molecular formula is C13H15FN2O5. The van der Waals surface area contributed by atoms with E-state index >= 15 is 0 Å². The summed E-state index contributed by atoms with van der Waals surface area (Å²) in [6.45, 7) is 1.47. The largest absolute Gasteiger partial charge is 0.480 e. The van der Waals surface area contributed by atoms with Crippen molar-refractivity contribution in [3.8, 4) is 0 Å². The Bertz CT molecular complexity index is 561. The highest BCUT2D eigenvalue weighted by Gasteiger charge is 2.24. The van der Waals surface area contributed by atoms with Crippen LogP contribution in [0.2, 0.25) is 0 Å². The number of urea groups is 1. The molecule has 1 rings (SSSR count). The third-order valence-electron chi connectivity index (χ3n) is 2.72. The number of ether oxygens (including phenoxy) is 1. The molecule has 0 aliphatic carbocycles. The van der Waals surface area contributed by atoms with Gasteiger partial charge >= 0.3 is 18.0 Å². The quantitative estimate of drug-likeness (QED) is 0.710. The van der Waals surface area contributed by atoms with Crippen LogP contribution < -0.4 is 10.6 Å². The number of amides is 2. The molecule has 1 atom stereocenters. The predicted molar refractivity (Wildman–Crippen MR) is 71.3 cm³/mol. The summed E-state index contributed by atoms with van der Waals surface area (Å²) in [5, 5.41) is 13.3. The van der Waals surface area contributed by atoms with Gasteiger partial charge in [0, 0.05) is 11.3 Å². The fourth-order valence-corrected chi connectivity index (χ4v) is 1.51. The topological polar surface area (TPSA) is 105 Å². The van der Waals surface area contributed by atoms with Gasteiger partial charge in [-0.15, -0.1) is 0 Å². The number of rotatable bonds is 5. The number of methoxy groups -OCH3 is 1. The van der Waals surface area contributed by atoms with E-state index in [-0.39, 0.29) is 11.3 Å². The second kappa shape index (κ2) is 7.22. The maximum atomic E-state index is 13.3. The average molecular weight is 298 g/mol. The number of esters is 1. The normalized spacial score (nSPS) is 11.4. The number of aliphatic carboxylic acids is 1. The molecule has 0 saturated carbocycles. The Morgan fingerprint density at radius 1 is 1.38 bits per heavy atom. The minimum atomic E-state index is -1.44. The number of anilines is 1. The Morgan fingerprint density at radius 3 is 2.62 bits per heavy atom. The molecule has 0 radical (unpaired) electrons. The number of hydrogen-bond acceptors (Lipinski definition) is 4. The zero-order valence-electron chi connectivity index (χ0n) is 11.5. The standard InChI is InChI=1S/C13H15FN2O5/c1-7-8(14)4-3-5-9(7)15-13(20)16-10(12(18)19)6-11(17)21-2/h3-5,10H,6H2,1-2H3,(H,18,19)(H2,15,16,20)/t10-/m0/s1. The zero-order chi connectivity index (χ0) is 16.0. The van der Waals surface area contributed by atoms with Gasteiger partial charge in [0.15, 0.2) is 0 Å². The van der Waals surface area contributed by atoms with Crippen LogP contribution in [0.1, 0.15) is 12.0 Å². The monoisotopic (exact) mass is 298 g/mol. The molecule has 21 heavy (non-hydrogen) atoms. The van der Waals surface area contributed by atoms with Crippen LogP contribution in [0.4, 0.5) is 14.9 Å². The molecule has 8 heteroatoms. The molecule has 0 aromatic heterocycles. The second-order valence-electron chi connectivity index (χ2n) is 4.18. The molecule has 2 amide bonds. The van der Waals surface area contributed by atoms with Crippen LogP contribution in [0.3, 0.4) is 0 Å². The van der Waals surface area contributed by atoms with Crippen molar-refractivity contribution in [3.63, 3.8) is 0 Å². The summed E-state index contributed by atoms with van der Waals surface area (Å²) in [6, 6.07) is 1.80. The fraction of sp³-hybridized carbons (Fsp3) is 0.308. The van der Waals surface area contributed by atoms with Crippen molar-refractivity contribution >= 4 is 23.7 Å². The molecule has 0 aliphatic rings. The Hall–Kier alpha value is -2.64. The lowest BCUT2D eigenvalue weighted by atomic mass is 10.2. The molecule has 0 fully saturated rings. The number of hydrogen-bond donors (Lipinski definition) is 3. The highest BCUT2D eigenvalue weighted by Crippen LogP contribution is 2.17. The summed E-state index contributed by atoms with van der Waals surface area (Å²) in [5.74, 6) is -2.66. The molecule has 0 heterocycles. The third-order valence-corrected chi connectivity index (χ3v) is 2.72. The van der Waals surface area contributed by atoms with E-state index in [0.717, 1.165) is 7.11 Å². The summed E-state index contributed by atoms with van der Waals surface area (Å²) in [5.41, 5.74) is 0.419. The summed E-state index contributed by atoms with van der Waals surface area (Å²) < 4.78 is 17.7. The number of carboxylic acids is 1. The van der Waals surface area contributed by atoms with E-state index in [1.807, 2.05) is 0 Å². The SMILES string of the molecule is COC(=O)C[C@H](NC(=O)Nc1cccc(F)c1C)C(=O)O. The van der Waals surface area contributed by atoms with Crippen molar-refractivity contribution in [2.75, 3.05) is 12.4 Å². The lowest BCUT2D eigenvalue weighted by Crippen LogP contribution is -2.44. The number of carboxylic acid groups (broad SMARTS) is 1. The highest BCUT2D eigenvalue weighted by atomic mass is 19.1. The van der Waals surface area contributed by atoms with Gasteiger partial charge in [0.05, 0.1) is 13.5 Å². The fourth-order valence-electron chi connectivity index (χ4n) is 1.51. The van der Waals surface area contributed by atoms with Gasteiger partial charge in [-0.3, -0.25) is 4.79 Å². The van der Waals surface area contributed by atoms with E-state index in [1.54, 1.807) is 0 Å². The molecule has 0 unspecified atom stereocenters. The Labute approximate surface area is 120 Å². The van der Waals surface area contributed by atoms with Crippen molar-refractivity contribution < 1.29 is 28.6 Å². The maximum Gasteiger partial charge on any atom is 0.326 e. The summed E-state index contributed by atoms with van der Waals surface area (Å²) in [7, 11) is 1.11. The lowest BCUT2D eigenvalue weighted by Gasteiger charge is -2.15. The van der Waals surface area contributed by atoms with Crippen molar-refractivity contribution in [3.05, 3.63) is 29.6 Å². The Morgan fingerprint density at radius 2 is 2.05 bits per heavy atom. The van der Waals surface area contributed by atoms with Gasteiger partial charge in [-0.25, -0.2) is 14.0 Å². The van der Waals surface area contributed by atoms with E-state index in [4.69, 9.17) is 5.11 Å². The van der Waals surface area contributed by atoms with Crippen LogP contribution in [0.5, 0.6) is 0 Å². The van der Waals surface area contributed by atoms with E-state index in [1.165, 1.54) is 25.1 Å². The highest BCUT2D eigenvalue weighted by molar-refractivity contribution is 5.94. The molecule has 0 bridgehead atoms. The zero-order valence-corrected chi connectivity index (χ0v) is 11.5. The summed E-state index contributed by atoms with van der Waals surface area (Å²) >= 11 is 0. The van der Waals surface area contributed by atoms with Crippen LogP contribution in [0, 0.1) is 12.7 Å². The summed E-state index contributed by atoms with van der Waals surface area (Å²) in [4.78, 5) is 33.7. The molecule has 0 saturated heterocycles. The molecule has 114 valence electrons. The molecular weight excluding hydrogens is 283 g/mol. The average Bonchev–Trinajstić information content (AvgIpc) is 2.42. The van der Waals surface area contributed by atoms with E-state index < -0.39 is 36.2 Å². The predicted octanol–water partition coefficient (Wildman–Crippen LogP) is 1.27. The smallest absolute Gasteiger partial charge is 0.326 e. The number of carbonyl (C=O) groups is 3. The van der Waals surface area contributed by atoms with Gasteiger partial charge in [0.2, 0.25) is 0 Å². The van der Waals surface area contributed by atoms with E-state index in [9.17, 15) is 18.8 Å². The minimum Gasteiger partial charge on any atom is -0.480 e. The van der Waals surface area contributed by atoms with Gasteiger partial charge in [0.25, 0.3) is 0 Å². The molecule has 0 aliphatic heterocycles.